The predicted octanol–water partition coefficient (Wildman–Crippen LogP) is 2.57. The number of benzene rings is 2. The van der Waals surface area contributed by atoms with Crippen molar-refractivity contribution in [3.05, 3.63) is 54.1 Å². The van der Waals surface area contributed by atoms with Gasteiger partial charge < -0.3 is 10.6 Å². The van der Waals surface area contributed by atoms with E-state index in [9.17, 15) is 4.79 Å². The summed E-state index contributed by atoms with van der Waals surface area (Å²) in [6.45, 7) is 0. The molecule has 90 valence electrons. The third-order valence-corrected chi connectivity index (χ3v) is 3.30. The molecular weight excluding hydrogens is 224 g/mol. The van der Waals surface area contributed by atoms with Crippen LogP contribution in [0.5, 0.6) is 0 Å². The Bertz CT molecular complexity index is 607. The molecule has 1 unspecified atom stereocenters. The van der Waals surface area contributed by atoms with Crippen LogP contribution in [0, 0.1) is 0 Å². The normalized spacial score (nSPS) is 17.4. The van der Waals surface area contributed by atoms with Crippen LogP contribution in [0.4, 0.5) is 5.69 Å². The average Bonchev–Trinajstić information content (AvgIpc) is 2.52. The Morgan fingerprint density at radius 1 is 1.00 bits per heavy atom. The van der Waals surface area contributed by atoms with Gasteiger partial charge in [-0.05, 0) is 24.2 Å². The molecule has 1 heterocycles. The Hall–Kier alpha value is -2.13. The highest BCUT2D eigenvalue weighted by molar-refractivity contribution is 6.03. The zero-order valence-electron chi connectivity index (χ0n) is 10.1. The maximum Gasteiger partial charge on any atom is 0.246 e. The van der Waals surface area contributed by atoms with Crippen LogP contribution in [-0.4, -0.2) is 13.0 Å². The fourth-order valence-electron chi connectivity index (χ4n) is 2.45. The SMILES string of the molecule is CNC1C(=O)Nc2ccccc2-c2ccccc21. The molecule has 1 atom stereocenters. The molecule has 18 heavy (non-hydrogen) atoms. The van der Waals surface area contributed by atoms with Crippen molar-refractivity contribution in [2.45, 2.75) is 6.04 Å². The molecule has 1 amide bonds. The molecule has 0 bridgehead atoms. The molecule has 1 aliphatic rings. The van der Waals surface area contributed by atoms with Gasteiger partial charge in [-0.25, -0.2) is 0 Å². The van der Waals surface area contributed by atoms with E-state index in [0.717, 1.165) is 22.4 Å². The lowest BCUT2D eigenvalue weighted by molar-refractivity contribution is -0.118. The van der Waals surface area contributed by atoms with Crippen LogP contribution in [0.2, 0.25) is 0 Å². The van der Waals surface area contributed by atoms with Crippen molar-refractivity contribution in [1.29, 1.82) is 0 Å². The van der Waals surface area contributed by atoms with E-state index in [0.29, 0.717) is 0 Å². The third kappa shape index (κ3) is 1.60. The molecule has 3 heteroatoms. The van der Waals surface area contributed by atoms with Crippen molar-refractivity contribution in [1.82, 2.24) is 5.32 Å². The highest BCUT2D eigenvalue weighted by Crippen LogP contribution is 2.36. The second-order valence-electron chi connectivity index (χ2n) is 4.34. The van der Waals surface area contributed by atoms with Gasteiger partial charge in [0.2, 0.25) is 5.91 Å². The summed E-state index contributed by atoms with van der Waals surface area (Å²) in [7, 11) is 1.80. The topological polar surface area (TPSA) is 41.1 Å². The third-order valence-electron chi connectivity index (χ3n) is 3.30. The summed E-state index contributed by atoms with van der Waals surface area (Å²) in [5.74, 6) is -0.0186. The van der Waals surface area contributed by atoms with Crippen molar-refractivity contribution >= 4 is 11.6 Å². The van der Waals surface area contributed by atoms with Crippen molar-refractivity contribution < 1.29 is 4.79 Å². The van der Waals surface area contributed by atoms with Crippen LogP contribution in [0.25, 0.3) is 11.1 Å². The average molecular weight is 238 g/mol. The summed E-state index contributed by atoms with van der Waals surface area (Å²) in [6, 6.07) is 15.6. The highest BCUT2D eigenvalue weighted by atomic mass is 16.2. The summed E-state index contributed by atoms with van der Waals surface area (Å²) in [6.07, 6.45) is 0. The van der Waals surface area contributed by atoms with Crippen molar-refractivity contribution in [2.24, 2.45) is 0 Å². The minimum Gasteiger partial charge on any atom is -0.324 e. The van der Waals surface area contributed by atoms with Gasteiger partial charge in [-0.3, -0.25) is 4.79 Å². The van der Waals surface area contributed by atoms with E-state index in [1.807, 2.05) is 42.5 Å². The molecule has 0 fully saturated rings. The summed E-state index contributed by atoms with van der Waals surface area (Å²) < 4.78 is 0. The van der Waals surface area contributed by atoms with E-state index in [-0.39, 0.29) is 11.9 Å². The molecule has 1 aliphatic heterocycles. The summed E-state index contributed by atoms with van der Waals surface area (Å²) in [5, 5.41) is 6.04. The molecule has 0 radical (unpaired) electrons. The molecule has 2 aromatic rings. The number of anilines is 1. The molecule has 2 N–H and O–H groups in total. The summed E-state index contributed by atoms with van der Waals surface area (Å²) in [4.78, 5) is 12.2. The molecule has 2 aromatic carbocycles. The quantitative estimate of drug-likeness (QED) is 0.801. The Morgan fingerprint density at radius 2 is 1.67 bits per heavy atom. The van der Waals surface area contributed by atoms with Gasteiger partial charge in [-0.15, -0.1) is 0 Å². The number of hydrogen-bond acceptors (Lipinski definition) is 2. The fourth-order valence-corrected chi connectivity index (χ4v) is 2.45. The Kier molecular flexibility index (Phi) is 2.61. The predicted molar refractivity (Wildman–Crippen MR) is 72.3 cm³/mol. The zero-order valence-corrected chi connectivity index (χ0v) is 10.1. The van der Waals surface area contributed by atoms with E-state index >= 15 is 0 Å². The number of carbonyl (C=O) groups excluding carboxylic acids is 1. The van der Waals surface area contributed by atoms with Crippen LogP contribution >= 0.6 is 0 Å². The first-order chi connectivity index (χ1) is 8.81. The minimum atomic E-state index is -0.311. The number of para-hydroxylation sites is 1. The van der Waals surface area contributed by atoms with Crippen LogP contribution < -0.4 is 10.6 Å². The first kappa shape index (κ1) is 11.0. The van der Waals surface area contributed by atoms with Gasteiger partial charge in [0.05, 0.1) is 0 Å². The lowest BCUT2D eigenvalue weighted by Crippen LogP contribution is -2.29. The van der Waals surface area contributed by atoms with Crippen LogP contribution in [-0.2, 0) is 4.79 Å². The van der Waals surface area contributed by atoms with E-state index in [1.54, 1.807) is 7.05 Å². The summed E-state index contributed by atoms with van der Waals surface area (Å²) >= 11 is 0. The molecule has 0 saturated heterocycles. The second-order valence-corrected chi connectivity index (χ2v) is 4.34. The largest absolute Gasteiger partial charge is 0.324 e. The molecule has 0 saturated carbocycles. The second kappa shape index (κ2) is 4.27. The lowest BCUT2D eigenvalue weighted by Gasteiger charge is -2.14. The Labute approximate surface area is 106 Å². The van der Waals surface area contributed by atoms with Gasteiger partial charge >= 0.3 is 0 Å². The number of fused-ring (bicyclic) bond motifs is 3. The van der Waals surface area contributed by atoms with E-state index in [4.69, 9.17) is 0 Å². The number of hydrogen-bond donors (Lipinski definition) is 2. The van der Waals surface area contributed by atoms with Gasteiger partial charge in [0, 0.05) is 11.3 Å². The van der Waals surface area contributed by atoms with Gasteiger partial charge in [-0.2, -0.15) is 0 Å². The van der Waals surface area contributed by atoms with Crippen LogP contribution in [0.1, 0.15) is 11.6 Å². The van der Waals surface area contributed by atoms with Gasteiger partial charge in [-0.1, -0.05) is 42.5 Å². The first-order valence-corrected chi connectivity index (χ1v) is 5.97. The molecular formula is C15H14N2O. The molecule has 0 aromatic heterocycles. The monoisotopic (exact) mass is 238 g/mol. The van der Waals surface area contributed by atoms with Gasteiger partial charge in [0.15, 0.2) is 0 Å². The molecule has 3 nitrogen and oxygen atoms in total. The number of carbonyl (C=O) groups is 1. The van der Waals surface area contributed by atoms with Gasteiger partial charge in [0.25, 0.3) is 0 Å². The van der Waals surface area contributed by atoms with Gasteiger partial charge in [0.1, 0.15) is 6.04 Å². The van der Waals surface area contributed by atoms with E-state index in [2.05, 4.69) is 16.7 Å². The maximum atomic E-state index is 12.2. The number of rotatable bonds is 1. The highest BCUT2D eigenvalue weighted by Gasteiger charge is 2.26. The van der Waals surface area contributed by atoms with E-state index < -0.39 is 0 Å². The first-order valence-electron chi connectivity index (χ1n) is 5.97. The minimum absolute atomic E-state index is 0.0186. The molecule has 0 spiro atoms. The summed E-state index contributed by atoms with van der Waals surface area (Å²) in [5.41, 5.74) is 4.06. The maximum absolute atomic E-state index is 12.2. The number of nitrogens with one attached hydrogen (secondary N) is 2. The fraction of sp³-hybridized carbons (Fsp3) is 0.133. The van der Waals surface area contributed by atoms with E-state index in [1.165, 1.54) is 0 Å². The van der Waals surface area contributed by atoms with Crippen molar-refractivity contribution in [3.63, 3.8) is 0 Å². The standard InChI is InChI=1S/C15H14N2O/c1-16-14-12-8-3-2-6-10(12)11-7-4-5-9-13(11)17-15(14)18/h2-9,14,16H,1H3,(H,17,18). The Morgan fingerprint density at radius 3 is 2.44 bits per heavy atom. The molecule has 3 rings (SSSR count). The van der Waals surface area contributed by atoms with Crippen molar-refractivity contribution in [2.75, 3.05) is 12.4 Å². The smallest absolute Gasteiger partial charge is 0.246 e. The molecule has 0 aliphatic carbocycles. The van der Waals surface area contributed by atoms with Crippen LogP contribution in [0.15, 0.2) is 48.5 Å². The number of likely N-dealkylation sites (N-methyl/N-ethyl adjacent to an activating group) is 1. The lowest BCUT2D eigenvalue weighted by atomic mass is 9.95. The van der Waals surface area contributed by atoms with Crippen LogP contribution in [0.3, 0.4) is 0 Å². The van der Waals surface area contributed by atoms with Crippen molar-refractivity contribution in [3.8, 4) is 11.1 Å². The zero-order chi connectivity index (χ0) is 12.5. The number of amides is 1. The Balaban J connectivity index is 2.29.